The molecule has 0 aliphatic rings. The topological polar surface area (TPSA) is 117 Å². The van der Waals surface area contributed by atoms with E-state index in [1.165, 1.54) is 4.90 Å². The molecule has 0 bridgehead atoms. The maximum Gasteiger partial charge on any atom is 0.408 e. The Labute approximate surface area is 238 Å². The quantitative estimate of drug-likeness (QED) is 0.315. The first-order chi connectivity index (χ1) is 18.7. The fourth-order valence-corrected chi connectivity index (χ4v) is 4.32. The first-order valence-electron chi connectivity index (χ1n) is 13.7. The number of aryl methyl sites for hydroxylation is 1. The van der Waals surface area contributed by atoms with Gasteiger partial charge in [-0.15, -0.1) is 0 Å². The Kier molecular flexibility index (Phi) is 11.4. The standard InChI is InChI=1S/C31H45N3O6/c1-10-21(5)34(29(37)25(18-19(2)3)33-30(38)40-31(6,7)8)26(24-13-11-12-20(4)27(24)35)28(36)32-22-14-16-23(39-9)17-15-22/h11-17,19,21,25-26,35H,10,18H2,1-9H3,(H,32,36)(H,33,38). The zero-order valence-corrected chi connectivity index (χ0v) is 25.2. The van der Waals surface area contributed by atoms with Gasteiger partial charge in [-0.3, -0.25) is 9.59 Å². The first kappa shape index (κ1) is 32.5. The van der Waals surface area contributed by atoms with Gasteiger partial charge in [0.25, 0.3) is 5.91 Å². The van der Waals surface area contributed by atoms with Crippen LogP contribution in [0.2, 0.25) is 0 Å². The number of phenols is 1. The van der Waals surface area contributed by atoms with Gasteiger partial charge in [0.2, 0.25) is 5.91 Å². The lowest BCUT2D eigenvalue weighted by atomic mass is 9.95. The lowest BCUT2D eigenvalue weighted by Gasteiger charge is -2.38. The van der Waals surface area contributed by atoms with E-state index < -0.39 is 41.6 Å². The number of alkyl carbamates (subject to hydrolysis) is 1. The molecule has 0 aliphatic carbocycles. The zero-order valence-electron chi connectivity index (χ0n) is 25.2. The molecule has 3 N–H and O–H groups in total. The van der Waals surface area contributed by atoms with Crippen LogP contribution in [0, 0.1) is 12.8 Å². The van der Waals surface area contributed by atoms with Crippen molar-refractivity contribution in [1.29, 1.82) is 0 Å². The van der Waals surface area contributed by atoms with E-state index in [2.05, 4.69) is 10.6 Å². The van der Waals surface area contributed by atoms with Crippen LogP contribution in [-0.4, -0.2) is 52.7 Å². The summed E-state index contributed by atoms with van der Waals surface area (Å²) in [5.74, 6) is -0.322. The van der Waals surface area contributed by atoms with Gasteiger partial charge < -0.3 is 30.1 Å². The van der Waals surface area contributed by atoms with Crippen molar-refractivity contribution in [3.63, 3.8) is 0 Å². The molecule has 0 spiro atoms. The number of para-hydroxylation sites is 1. The second kappa shape index (κ2) is 14.1. The normalized spacial score (nSPS) is 13.7. The number of anilines is 1. The average molecular weight is 556 g/mol. The third-order valence-electron chi connectivity index (χ3n) is 6.46. The van der Waals surface area contributed by atoms with Gasteiger partial charge in [0, 0.05) is 17.3 Å². The van der Waals surface area contributed by atoms with Crippen LogP contribution >= 0.6 is 0 Å². The van der Waals surface area contributed by atoms with Gasteiger partial charge in [-0.2, -0.15) is 0 Å². The summed E-state index contributed by atoms with van der Waals surface area (Å²) in [6, 6.07) is 9.41. The number of hydrogen-bond acceptors (Lipinski definition) is 6. The summed E-state index contributed by atoms with van der Waals surface area (Å²) in [5.41, 5.74) is 0.618. The number of phenolic OH excluding ortho intramolecular Hbond substituents is 1. The molecule has 0 saturated carbocycles. The molecule has 3 amide bonds. The number of nitrogens with one attached hydrogen (secondary N) is 2. The van der Waals surface area contributed by atoms with Gasteiger partial charge in [-0.1, -0.05) is 39.0 Å². The number of ether oxygens (including phenoxy) is 2. The summed E-state index contributed by atoms with van der Waals surface area (Å²) in [6.45, 7) is 14.6. The fraction of sp³-hybridized carbons (Fsp3) is 0.516. The van der Waals surface area contributed by atoms with Crippen molar-refractivity contribution in [2.75, 3.05) is 12.4 Å². The van der Waals surface area contributed by atoms with Crippen LogP contribution in [0.5, 0.6) is 11.5 Å². The van der Waals surface area contributed by atoms with Gasteiger partial charge in [0.1, 0.15) is 29.2 Å². The van der Waals surface area contributed by atoms with Crippen LogP contribution < -0.4 is 15.4 Å². The van der Waals surface area contributed by atoms with Crippen LogP contribution in [0.25, 0.3) is 0 Å². The molecule has 2 aromatic rings. The molecule has 40 heavy (non-hydrogen) atoms. The van der Waals surface area contributed by atoms with Gasteiger partial charge in [-0.05, 0) is 83.2 Å². The van der Waals surface area contributed by atoms with Crippen molar-refractivity contribution in [3.05, 3.63) is 53.6 Å². The highest BCUT2D eigenvalue weighted by Crippen LogP contribution is 2.35. The van der Waals surface area contributed by atoms with Crippen LogP contribution in [0.15, 0.2) is 42.5 Å². The summed E-state index contributed by atoms with van der Waals surface area (Å²) in [5, 5.41) is 16.7. The van der Waals surface area contributed by atoms with Crippen LogP contribution in [0.3, 0.4) is 0 Å². The number of methoxy groups -OCH3 is 1. The Balaban J connectivity index is 2.61. The molecular formula is C31H45N3O6. The number of carbonyl (C=O) groups is 3. The second-order valence-electron chi connectivity index (χ2n) is 11.5. The van der Waals surface area contributed by atoms with Crippen molar-refractivity contribution in [1.82, 2.24) is 10.2 Å². The van der Waals surface area contributed by atoms with Crippen molar-refractivity contribution < 1.29 is 29.0 Å². The maximum absolute atomic E-state index is 14.3. The Morgan fingerprint density at radius 3 is 2.17 bits per heavy atom. The number of benzene rings is 2. The van der Waals surface area contributed by atoms with E-state index in [4.69, 9.17) is 9.47 Å². The number of amides is 3. The van der Waals surface area contributed by atoms with E-state index in [9.17, 15) is 19.5 Å². The molecule has 0 fully saturated rings. The van der Waals surface area contributed by atoms with Gasteiger partial charge in [-0.25, -0.2) is 4.79 Å². The monoisotopic (exact) mass is 555 g/mol. The fourth-order valence-electron chi connectivity index (χ4n) is 4.32. The highest BCUT2D eigenvalue weighted by atomic mass is 16.6. The molecule has 2 aromatic carbocycles. The molecule has 9 nitrogen and oxygen atoms in total. The summed E-state index contributed by atoms with van der Waals surface area (Å²) < 4.78 is 10.7. The smallest absolute Gasteiger partial charge is 0.408 e. The molecule has 0 radical (unpaired) electrons. The molecule has 0 saturated heterocycles. The minimum atomic E-state index is -1.18. The Morgan fingerprint density at radius 2 is 1.65 bits per heavy atom. The van der Waals surface area contributed by atoms with Crippen molar-refractivity contribution in [3.8, 4) is 11.5 Å². The predicted molar refractivity (Wildman–Crippen MR) is 156 cm³/mol. The third kappa shape index (κ3) is 8.89. The van der Waals surface area contributed by atoms with E-state index in [-0.39, 0.29) is 11.7 Å². The highest BCUT2D eigenvalue weighted by molar-refractivity contribution is 5.99. The molecule has 0 aromatic heterocycles. The number of aromatic hydroxyl groups is 1. The number of hydrogen-bond donors (Lipinski definition) is 3. The first-order valence-corrected chi connectivity index (χ1v) is 13.7. The predicted octanol–water partition coefficient (Wildman–Crippen LogP) is 5.96. The molecular weight excluding hydrogens is 510 g/mol. The van der Waals surface area contributed by atoms with Crippen LogP contribution in [0.1, 0.15) is 78.5 Å². The lowest BCUT2D eigenvalue weighted by molar-refractivity contribution is -0.143. The highest BCUT2D eigenvalue weighted by Gasteiger charge is 2.40. The Morgan fingerprint density at radius 1 is 1.02 bits per heavy atom. The molecule has 3 atom stereocenters. The summed E-state index contributed by atoms with van der Waals surface area (Å²) in [4.78, 5) is 42.5. The number of carbonyl (C=O) groups excluding carboxylic acids is 3. The van der Waals surface area contributed by atoms with Crippen molar-refractivity contribution in [2.45, 2.75) is 92.0 Å². The van der Waals surface area contributed by atoms with E-state index >= 15 is 0 Å². The minimum absolute atomic E-state index is 0.0571. The minimum Gasteiger partial charge on any atom is -0.507 e. The molecule has 9 heteroatoms. The molecule has 2 rings (SSSR count). The summed E-state index contributed by atoms with van der Waals surface area (Å²) in [6.07, 6.45) is 0.150. The Hall–Kier alpha value is -3.75. The second-order valence-corrected chi connectivity index (χ2v) is 11.5. The van der Waals surface area contributed by atoms with Crippen molar-refractivity contribution >= 4 is 23.6 Å². The summed E-state index contributed by atoms with van der Waals surface area (Å²) in [7, 11) is 1.55. The van der Waals surface area contributed by atoms with E-state index in [0.717, 1.165) is 0 Å². The van der Waals surface area contributed by atoms with E-state index in [1.807, 2.05) is 27.7 Å². The molecule has 220 valence electrons. The third-order valence-corrected chi connectivity index (χ3v) is 6.46. The lowest BCUT2D eigenvalue weighted by Crippen LogP contribution is -2.55. The maximum atomic E-state index is 14.3. The van der Waals surface area contributed by atoms with Gasteiger partial charge >= 0.3 is 6.09 Å². The van der Waals surface area contributed by atoms with Crippen LogP contribution in [0.4, 0.5) is 10.5 Å². The van der Waals surface area contributed by atoms with Gasteiger partial charge in [0.15, 0.2) is 0 Å². The molecule has 0 aliphatic heterocycles. The van der Waals surface area contributed by atoms with Crippen LogP contribution in [-0.2, 0) is 14.3 Å². The van der Waals surface area contributed by atoms with E-state index in [1.54, 1.807) is 77.3 Å². The zero-order chi connectivity index (χ0) is 30.2. The molecule has 3 unspecified atom stereocenters. The average Bonchev–Trinajstić information content (AvgIpc) is 2.87. The Bertz CT molecular complexity index is 1160. The largest absolute Gasteiger partial charge is 0.507 e. The van der Waals surface area contributed by atoms with Crippen molar-refractivity contribution in [2.24, 2.45) is 5.92 Å². The molecule has 0 heterocycles. The number of nitrogens with zero attached hydrogens (tertiary/aromatic N) is 1. The number of rotatable bonds is 11. The summed E-state index contributed by atoms with van der Waals surface area (Å²) >= 11 is 0. The van der Waals surface area contributed by atoms with Gasteiger partial charge in [0.05, 0.1) is 7.11 Å². The van der Waals surface area contributed by atoms with E-state index in [0.29, 0.717) is 35.4 Å². The SMILES string of the molecule is CCC(C)N(C(=O)C(CC(C)C)NC(=O)OC(C)(C)C)C(C(=O)Nc1ccc(OC)cc1)c1cccc(C)c1O.